The van der Waals surface area contributed by atoms with Crippen molar-refractivity contribution in [3.63, 3.8) is 0 Å². The molecule has 3 aromatic rings. The van der Waals surface area contributed by atoms with Crippen molar-refractivity contribution in [3.05, 3.63) is 48.5 Å². The number of ether oxygens (including phenoxy) is 1. The summed E-state index contributed by atoms with van der Waals surface area (Å²) < 4.78 is 4.95. The van der Waals surface area contributed by atoms with Gasteiger partial charge in [-0.25, -0.2) is 4.98 Å². The van der Waals surface area contributed by atoms with E-state index in [9.17, 15) is 4.79 Å². The Morgan fingerprint density at radius 3 is 2.67 bits per heavy atom. The van der Waals surface area contributed by atoms with E-state index in [2.05, 4.69) is 9.97 Å². The van der Waals surface area contributed by atoms with Gasteiger partial charge in [-0.15, -0.1) is 0 Å². The number of hydrogen-bond donors (Lipinski definition) is 1. The lowest BCUT2D eigenvalue weighted by molar-refractivity contribution is -0.120. The number of imidazole rings is 1. The Balaban J connectivity index is 2.16. The first-order valence-electron chi connectivity index (χ1n) is 5.53. The van der Waals surface area contributed by atoms with E-state index in [4.69, 9.17) is 4.74 Å². The fourth-order valence-electron chi connectivity index (χ4n) is 1.90. The molecule has 0 unspecified atom stereocenters. The summed E-state index contributed by atoms with van der Waals surface area (Å²) in [6.45, 7) is 0.418. The van der Waals surface area contributed by atoms with Crippen molar-refractivity contribution in [2.45, 2.75) is 0 Å². The second-order valence-corrected chi connectivity index (χ2v) is 3.81. The van der Waals surface area contributed by atoms with Crippen molar-refractivity contribution in [2.75, 3.05) is 0 Å². The zero-order valence-electron chi connectivity index (χ0n) is 9.46. The molecule has 0 fully saturated rings. The summed E-state index contributed by atoms with van der Waals surface area (Å²) in [5, 5.41) is 0. The number of carbonyl (C=O) groups excluding carboxylic acids is 1. The van der Waals surface area contributed by atoms with Crippen LogP contribution >= 0.6 is 0 Å². The van der Waals surface area contributed by atoms with Crippen LogP contribution in [0.3, 0.4) is 0 Å². The number of aromatic nitrogens is 2. The summed E-state index contributed by atoms with van der Waals surface area (Å²) in [4.78, 5) is 18.2. The average Bonchev–Trinajstić information content (AvgIpc) is 2.83. The van der Waals surface area contributed by atoms with Gasteiger partial charge in [0.2, 0.25) is 0 Å². The van der Waals surface area contributed by atoms with Crippen LogP contribution in [0.25, 0.3) is 22.4 Å². The first-order valence-corrected chi connectivity index (χ1v) is 5.53. The second-order valence-electron chi connectivity index (χ2n) is 3.81. The van der Waals surface area contributed by atoms with Gasteiger partial charge >= 0.3 is 0 Å². The molecular weight excluding hydrogens is 228 g/mol. The van der Waals surface area contributed by atoms with Gasteiger partial charge in [0.05, 0.1) is 16.6 Å². The normalized spacial score (nSPS) is 10.4. The van der Waals surface area contributed by atoms with Gasteiger partial charge in [-0.05, 0) is 24.3 Å². The fraction of sp³-hybridized carbons (Fsp3) is 0. The molecule has 0 bridgehead atoms. The third-order valence-corrected chi connectivity index (χ3v) is 2.71. The molecule has 0 aliphatic rings. The smallest absolute Gasteiger partial charge is 0.298 e. The summed E-state index contributed by atoms with van der Waals surface area (Å²) in [7, 11) is 0. The molecule has 0 spiro atoms. The van der Waals surface area contributed by atoms with Crippen molar-refractivity contribution in [1.29, 1.82) is 0 Å². The average molecular weight is 238 g/mol. The molecular formula is C14H10N2O2. The minimum Gasteiger partial charge on any atom is -0.428 e. The molecule has 18 heavy (non-hydrogen) atoms. The SMILES string of the molecule is O=COc1ccccc1-c1nc2ccccc2[nH]1. The van der Waals surface area contributed by atoms with Gasteiger partial charge in [-0.1, -0.05) is 24.3 Å². The molecule has 1 heterocycles. The van der Waals surface area contributed by atoms with Crippen LogP contribution < -0.4 is 4.74 Å². The van der Waals surface area contributed by atoms with Gasteiger partial charge in [0, 0.05) is 0 Å². The highest BCUT2D eigenvalue weighted by atomic mass is 16.5. The first kappa shape index (κ1) is 10.5. The number of H-pyrrole nitrogens is 1. The molecule has 3 rings (SSSR count). The highest BCUT2D eigenvalue weighted by Crippen LogP contribution is 2.28. The molecule has 0 aliphatic carbocycles. The van der Waals surface area contributed by atoms with E-state index in [0.717, 1.165) is 16.6 Å². The van der Waals surface area contributed by atoms with Gasteiger partial charge in [0.15, 0.2) is 0 Å². The van der Waals surface area contributed by atoms with Gasteiger partial charge in [-0.3, -0.25) is 4.79 Å². The number of rotatable bonds is 3. The Morgan fingerprint density at radius 1 is 1.06 bits per heavy atom. The first-order chi connectivity index (χ1) is 8.88. The van der Waals surface area contributed by atoms with Gasteiger partial charge in [0.1, 0.15) is 11.6 Å². The molecule has 0 saturated heterocycles. The predicted molar refractivity (Wildman–Crippen MR) is 68.2 cm³/mol. The number of carbonyl (C=O) groups is 1. The third kappa shape index (κ3) is 1.73. The quantitative estimate of drug-likeness (QED) is 0.714. The minimum atomic E-state index is 0.418. The van der Waals surface area contributed by atoms with Crippen molar-refractivity contribution in [3.8, 4) is 17.1 Å². The van der Waals surface area contributed by atoms with Crippen LogP contribution in [0, 0.1) is 0 Å². The van der Waals surface area contributed by atoms with Gasteiger partial charge < -0.3 is 9.72 Å². The van der Waals surface area contributed by atoms with E-state index < -0.39 is 0 Å². The third-order valence-electron chi connectivity index (χ3n) is 2.71. The minimum absolute atomic E-state index is 0.418. The number of nitrogens with zero attached hydrogens (tertiary/aromatic N) is 1. The molecule has 2 aromatic carbocycles. The Kier molecular flexibility index (Phi) is 2.53. The lowest BCUT2D eigenvalue weighted by Crippen LogP contribution is -1.92. The van der Waals surface area contributed by atoms with Crippen LogP contribution in [-0.2, 0) is 4.79 Å². The van der Waals surface area contributed by atoms with Crippen LogP contribution in [0.5, 0.6) is 5.75 Å². The summed E-state index contributed by atoms with van der Waals surface area (Å²) >= 11 is 0. The lowest BCUT2D eigenvalue weighted by Gasteiger charge is -2.03. The second kappa shape index (κ2) is 4.33. The number of nitrogens with one attached hydrogen (secondary N) is 1. The van der Waals surface area contributed by atoms with E-state index in [-0.39, 0.29) is 0 Å². The van der Waals surface area contributed by atoms with E-state index >= 15 is 0 Å². The monoisotopic (exact) mass is 238 g/mol. The number of fused-ring (bicyclic) bond motifs is 1. The largest absolute Gasteiger partial charge is 0.428 e. The van der Waals surface area contributed by atoms with Crippen LogP contribution in [-0.4, -0.2) is 16.4 Å². The van der Waals surface area contributed by atoms with E-state index in [1.54, 1.807) is 6.07 Å². The molecule has 4 nitrogen and oxygen atoms in total. The lowest BCUT2D eigenvalue weighted by atomic mass is 10.2. The standard InChI is InChI=1S/C14H10N2O2/c17-9-18-13-8-4-1-5-10(13)14-15-11-6-2-3-7-12(11)16-14/h1-9H,(H,15,16). The Bertz CT molecular complexity index is 671. The summed E-state index contributed by atoms with van der Waals surface area (Å²) in [5.74, 6) is 1.18. The molecule has 88 valence electrons. The maximum absolute atomic E-state index is 10.5. The molecule has 0 amide bonds. The molecule has 4 heteroatoms. The van der Waals surface area contributed by atoms with Gasteiger partial charge in [-0.2, -0.15) is 0 Å². The van der Waals surface area contributed by atoms with E-state index in [0.29, 0.717) is 18.0 Å². The van der Waals surface area contributed by atoms with Crippen LogP contribution in [0.2, 0.25) is 0 Å². The fourth-order valence-corrected chi connectivity index (χ4v) is 1.90. The van der Waals surface area contributed by atoms with Crippen LogP contribution in [0.15, 0.2) is 48.5 Å². The summed E-state index contributed by atoms with van der Waals surface area (Å²) in [6, 6.07) is 15.0. The molecule has 1 N–H and O–H groups in total. The zero-order chi connectivity index (χ0) is 12.4. The number of aromatic amines is 1. The molecule has 0 saturated carbocycles. The Morgan fingerprint density at radius 2 is 1.83 bits per heavy atom. The van der Waals surface area contributed by atoms with E-state index in [1.807, 2.05) is 42.5 Å². The predicted octanol–water partition coefficient (Wildman–Crippen LogP) is 2.77. The number of hydrogen-bond acceptors (Lipinski definition) is 3. The highest BCUT2D eigenvalue weighted by Gasteiger charge is 2.09. The van der Waals surface area contributed by atoms with Crippen molar-refractivity contribution in [1.82, 2.24) is 9.97 Å². The molecule has 0 radical (unpaired) electrons. The summed E-state index contributed by atoms with van der Waals surface area (Å²) in [6.07, 6.45) is 0. The maximum atomic E-state index is 10.5. The topological polar surface area (TPSA) is 55.0 Å². The molecule has 1 aromatic heterocycles. The van der Waals surface area contributed by atoms with Crippen molar-refractivity contribution in [2.24, 2.45) is 0 Å². The highest BCUT2D eigenvalue weighted by molar-refractivity contribution is 5.80. The van der Waals surface area contributed by atoms with Crippen molar-refractivity contribution < 1.29 is 9.53 Å². The van der Waals surface area contributed by atoms with Crippen LogP contribution in [0.1, 0.15) is 0 Å². The number of para-hydroxylation sites is 3. The maximum Gasteiger partial charge on any atom is 0.298 e. The number of benzene rings is 2. The van der Waals surface area contributed by atoms with Crippen molar-refractivity contribution >= 4 is 17.5 Å². The zero-order valence-corrected chi connectivity index (χ0v) is 9.46. The van der Waals surface area contributed by atoms with Crippen LogP contribution in [0.4, 0.5) is 0 Å². The molecule has 0 aliphatic heterocycles. The summed E-state index contributed by atoms with van der Waals surface area (Å²) in [5.41, 5.74) is 2.60. The van der Waals surface area contributed by atoms with E-state index in [1.165, 1.54) is 0 Å². The molecule has 0 atom stereocenters. The Labute approximate surface area is 103 Å². The van der Waals surface area contributed by atoms with Gasteiger partial charge in [0.25, 0.3) is 6.47 Å². The Hall–Kier alpha value is -2.62.